The number of halogens is 1. The predicted molar refractivity (Wildman–Crippen MR) is 140 cm³/mol. The summed E-state index contributed by atoms with van der Waals surface area (Å²) < 4.78 is 19.0. The molecular weight excluding hydrogens is 548 g/mol. The highest BCUT2D eigenvalue weighted by molar-refractivity contribution is 9.10. The number of fused-ring (bicyclic) bond motifs is 1. The van der Waals surface area contributed by atoms with Gasteiger partial charge in [0.1, 0.15) is 5.75 Å². The van der Waals surface area contributed by atoms with E-state index in [1.54, 1.807) is 63.4 Å². The minimum Gasteiger partial charge on any atom is -0.507 e. The van der Waals surface area contributed by atoms with Crippen molar-refractivity contribution >= 4 is 39.3 Å². The van der Waals surface area contributed by atoms with E-state index in [4.69, 9.17) is 14.2 Å². The molecule has 0 amide bonds. The van der Waals surface area contributed by atoms with E-state index in [9.17, 15) is 14.7 Å². The van der Waals surface area contributed by atoms with Gasteiger partial charge in [-0.25, -0.2) is 9.79 Å². The number of benzene rings is 2. The molecule has 8 nitrogen and oxygen atoms in total. The molecule has 3 aromatic rings. The number of phenolic OH excluding ortho intramolecular Hbond substituents is 1. The Morgan fingerprint density at radius 1 is 1.19 bits per heavy atom. The van der Waals surface area contributed by atoms with Gasteiger partial charge in [-0.05, 0) is 78.2 Å². The second kappa shape index (κ2) is 10.7. The number of aromatic nitrogens is 1. The largest absolute Gasteiger partial charge is 0.507 e. The molecule has 0 aliphatic carbocycles. The van der Waals surface area contributed by atoms with Crippen LogP contribution < -0.4 is 24.4 Å². The van der Waals surface area contributed by atoms with Crippen LogP contribution in [-0.4, -0.2) is 36.0 Å². The minimum atomic E-state index is -0.765. The maximum absolute atomic E-state index is 13.7. The number of carbonyl (C=O) groups excluding carboxylic acids is 1. The highest BCUT2D eigenvalue weighted by atomic mass is 79.9. The molecule has 36 heavy (non-hydrogen) atoms. The second-order valence-electron chi connectivity index (χ2n) is 7.86. The number of phenols is 1. The SMILES string of the molecule is CCOC(=O)C1=C(C)N=c2sc(=Cc3ccc(O)c(Br)c3)c(=O)n2[C@H]1c1ccc(OC)c(OCC)c1. The number of rotatable bonds is 7. The molecular formula is C26H25BrN2O6S. The molecule has 1 N–H and O–H groups in total. The van der Waals surface area contributed by atoms with Gasteiger partial charge in [-0.2, -0.15) is 0 Å². The summed E-state index contributed by atoms with van der Waals surface area (Å²) in [7, 11) is 1.55. The first-order chi connectivity index (χ1) is 17.3. The average Bonchev–Trinajstić information content (AvgIpc) is 3.15. The Bertz CT molecular complexity index is 1540. The molecule has 0 spiro atoms. The number of aromatic hydroxyl groups is 1. The van der Waals surface area contributed by atoms with Crippen LogP contribution in [0, 0.1) is 0 Å². The fourth-order valence-electron chi connectivity index (χ4n) is 4.00. The third kappa shape index (κ3) is 4.83. The second-order valence-corrected chi connectivity index (χ2v) is 9.72. The molecule has 0 saturated carbocycles. The van der Waals surface area contributed by atoms with Crippen molar-refractivity contribution in [2.75, 3.05) is 20.3 Å². The number of ether oxygens (including phenoxy) is 3. The van der Waals surface area contributed by atoms with Crippen molar-refractivity contribution in [2.24, 2.45) is 4.99 Å². The zero-order valence-electron chi connectivity index (χ0n) is 20.2. The monoisotopic (exact) mass is 572 g/mol. The lowest BCUT2D eigenvalue weighted by atomic mass is 9.95. The number of esters is 1. The van der Waals surface area contributed by atoms with Crippen LogP contribution in [0.1, 0.15) is 37.9 Å². The van der Waals surface area contributed by atoms with Gasteiger partial charge in [0.2, 0.25) is 0 Å². The van der Waals surface area contributed by atoms with E-state index in [0.29, 0.717) is 43.2 Å². The topological polar surface area (TPSA) is 99.4 Å². The van der Waals surface area contributed by atoms with Gasteiger partial charge in [0.25, 0.3) is 5.56 Å². The van der Waals surface area contributed by atoms with Gasteiger partial charge in [0.15, 0.2) is 16.3 Å². The first-order valence-corrected chi connectivity index (χ1v) is 12.9. The van der Waals surface area contributed by atoms with E-state index in [1.807, 2.05) is 6.92 Å². The molecule has 1 aliphatic rings. The molecule has 188 valence electrons. The first kappa shape index (κ1) is 25.7. The number of methoxy groups -OCH3 is 1. The van der Waals surface area contributed by atoms with Crippen LogP contribution in [0.5, 0.6) is 17.2 Å². The summed E-state index contributed by atoms with van der Waals surface area (Å²) in [6.45, 7) is 5.94. The van der Waals surface area contributed by atoms with Gasteiger partial charge in [-0.1, -0.05) is 23.5 Å². The molecule has 1 aliphatic heterocycles. The summed E-state index contributed by atoms with van der Waals surface area (Å²) in [6, 6.07) is 9.55. The maximum atomic E-state index is 13.7. The Balaban J connectivity index is 1.96. The summed E-state index contributed by atoms with van der Waals surface area (Å²) in [5.41, 5.74) is 1.86. The van der Waals surface area contributed by atoms with Crippen LogP contribution in [0.3, 0.4) is 0 Å². The number of hydrogen-bond acceptors (Lipinski definition) is 8. The molecule has 4 rings (SSSR count). The van der Waals surface area contributed by atoms with Crippen LogP contribution in [-0.2, 0) is 9.53 Å². The first-order valence-electron chi connectivity index (χ1n) is 11.3. The Morgan fingerprint density at radius 3 is 2.64 bits per heavy atom. The van der Waals surface area contributed by atoms with E-state index in [-0.39, 0.29) is 23.5 Å². The molecule has 10 heteroatoms. The fourth-order valence-corrected chi connectivity index (χ4v) is 5.45. The lowest BCUT2D eigenvalue weighted by Crippen LogP contribution is -2.40. The van der Waals surface area contributed by atoms with Gasteiger partial charge in [-0.3, -0.25) is 9.36 Å². The van der Waals surface area contributed by atoms with Crippen LogP contribution in [0.25, 0.3) is 6.08 Å². The third-order valence-electron chi connectivity index (χ3n) is 5.59. The van der Waals surface area contributed by atoms with Gasteiger partial charge in [-0.15, -0.1) is 0 Å². The van der Waals surface area contributed by atoms with Gasteiger partial charge < -0.3 is 19.3 Å². The molecule has 1 atom stereocenters. The highest BCUT2D eigenvalue weighted by Gasteiger charge is 2.34. The Morgan fingerprint density at radius 2 is 1.97 bits per heavy atom. The lowest BCUT2D eigenvalue weighted by Gasteiger charge is -2.25. The number of allylic oxidation sites excluding steroid dienone is 1. The van der Waals surface area contributed by atoms with Gasteiger partial charge in [0, 0.05) is 0 Å². The Kier molecular flexibility index (Phi) is 7.65. The van der Waals surface area contributed by atoms with E-state index in [2.05, 4.69) is 20.9 Å². The van der Waals surface area contributed by atoms with Gasteiger partial charge in [0.05, 0.1) is 46.6 Å². The molecule has 1 aromatic heterocycles. The predicted octanol–water partition coefficient (Wildman–Crippen LogP) is 3.67. The van der Waals surface area contributed by atoms with Crippen molar-refractivity contribution in [3.63, 3.8) is 0 Å². The lowest BCUT2D eigenvalue weighted by molar-refractivity contribution is -0.139. The number of hydrogen-bond donors (Lipinski definition) is 1. The Labute approximate surface area is 219 Å². The minimum absolute atomic E-state index is 0.105. The summed E-state index contributed by atoms with van der Waals surface area (Å²) >= 11 is 4.53. The van der Waals surface area contributed by atoms with Crippen molar-refractivity contribution in [3.05, 3.63) is 83.0 Å². The van der Waals surface area contributed by atoms with Crippen molar-refractivity contribution < 1.29 is 24.1 Å². The van der Waals surface area contributed by atoms with Crippen molar-refractivity contribution in [3.8, 4) is 17.2 Å². The molecule has 2 aromatic carbocycles. The van der Waals surface area contributed by atoms with E-state index in [0.717, 1.165) is 5.56 Å². The summed E-state index contributed by atoms with van der Waals surface area (Å²) in [6.07, 6.45) is 1.73. The Hall–Kier alpha value is -3.37. The summed E-state index contributed by atoms with van der Waals surface area (Å²) in [5, 5.41) is 9.80. The van der Waals surface area contributed by atoms with E-state index < -0.39 is 12.0 Å². The maximum Gasteiger partial charge on any atom is 0.338 e. The summed E-state index contributed by atoms with van der Waals surface area (Å²) in [4.78, 5) is 31.8. The van der Waals surface area contributed by atoms with Crippen molar-refractivity contribution in [2.45, 2.75) is 26.8 Å². The number of nitrogens with zero attached hydrogens (tertiary/aromatic N) is 2. The molecule has 0 unspecified atom stereocenters. The molecule has 2 heterocycles. The quantitative estimate of drug-likeness (QED) is 0.434. The zero-order valence-corrected chi connectivity index (χ0v) is 22.6. The molecule has 0 radical (unpaired) electrons. The third-order valence-corrected chi connectivity index (χ3v) is 7.21. The van der Waals surface area contributed by atoms with Crippen molar-refractivity contribution in [1.29, 1.82) is 0 Å². The molecule has 0 fully saturated rings. The van der Waals surface area contributed by atoms with E-state index >= 15 is 0 Å². The molecule has 0 saturated heterocycles. The molecule has 0 bridgehead atoms. The zero-order chi connectivity index (χ0) is 26.0. The summed E-state index contributed by atoms with van der Waals surface area (Å²) in [5.74, 6) is 0.623. The standard InChI is InChI=1S/C26H25BrN2O6S/c1-5-34-20-13-16(8-10-19(20)33-4)23-22(25(32)35-6-2)14(3)28-26-29(23)24(31)21(36-26)12-15-7-9-18(30)17(27)11-15/h7-13,23,30H,5-6H2,1-4H3/t23-/m0/s1. The average molecular weight is 573 g/mol. The van der Waals surface area contributed by atoms with Gasteiger partial charge >= 0.3 is 5.97 Å². The smallest absolute Gasteiger partial charge is 0.338 e. The number of thiazole rings is 1. The van der Waals surface area contributed by atoms with Crippen LogP contribution in [0.4, 0.5) is 0 Å². The van der Waals surface area contributed by atoms with Crippen molar-refractivity contribution in [1.82, 2.24) is 4.57 Å². The highest BCUT2D eigenvalue weighted by Crippen LogP contribution is 2.36. The van der Waals surface area contributed by atoms with Crippen LogP contribution in [0.2, 0.25) is 0 Å². The fraction of sp³-hybridized carbons (Fsp3) is 0.269. The van der Waals surface area contributed by atoms with Crippen LogP contribution >= 0.6 is 27.3 Å². The van der Waals surface area contributed by atoms with Crippen LogP contribution in [0.15, 0.2) is 61.9 Å². The normalized spacial score (nSPS) is 15.4. The number of carbonyl (C=O) groups is 1. The van der Waals surface area contributed by atoms with E-state index in [1.165, 1.54) is 15.9 Å².